The summed E-state index contributed by atoms with van der Waals surface area (Å²) in [4.78, 5) is 0. The van der Waals surface area contributed by atoms with Crippen LogP contribution in [0.4, 0.5) is 0 Å². The van der Waals surface area contributed by atoms with Crippen molar-refractivity contribution >= 4 is 6.08 Å². The van der Waals surface area contributed by atoms with Crippen LogP contribution in [-0.2, 0) is 5.41 Å². The molecule has 0 bridgehead atoms. The molecule has 0 radical (unpaired) electrons. The van der Waals surface area contributed by atoms with Crippen molar-refractivity contribution in [3.05, 3.63) is 65.3 Å². The third-order valence-corrected chi connectivity index (χ3v) is 5.06. The van der Waals surface area contributed by atoms with Crippen molar-refractivity contribution in [1.29, 1.82) is 0 Å². The van der Waals surface area contributed by atoms with Gasteiger partial charge in [-0.1, -0.05) is 74.1 Å². The molecule has 0 heteroatoms. The van der Waals surface area contributed by atoms with Crippen molar-refractivity contribution in [2.45, 2.75) is 32.1 Å². The molecular weight excluding hydrogens is 240 g/mol. The van der Waals surface area contributed by atoms with E-state index in [1.54, 1.807) is 0 Å². The van der Waals surface area contributed by atoms with Crippen LogP contribution in [0.15, 0.2) is 54.1 Å². The highest BCUT2D eigenvalue weighted by Crippen LogP contribution is 2.55. The fraction of sp³-hybridized carbons (Fsp3) is 0.300. The molecule has 2 aliphatic rings. The second-order valence-electron chi connectivity index (χ2n) is 6.22. The first-order valence-corrected chi connectivity index (χ1v) is 7.20. The predicted molar refractivity (Wildman–Crippen MR) is 86.2 cm³/mol. The Labute approximate surface area is 121 Å². The summed E-state index contributed by atoms with van der Waals surface area (Å²) in [5.41, 5.74) is 4.08. The lowest BCUT2D eigenvalue weighted by Crippen LogP contribution is -2.40. The number of rotatable bonds is 3. The summed E-state index contributed by atoms with van der Waals surface area (Å²) in [5, 5.41) is 0. The second kappa shape index (κ2) is 4.53. The van der Waals surface area contributed by atoms with E-state index in [0.717, 1.165) is 12.8 Å². The molecule has 100 valence electrons. The molecule has 0 spiro atoms. The average Bonchev–Trinajstić information content (AvgIpc) is 3.08. The Morgan fingerprint density at radius 3 is 2.80 bits per heavy atom. The minimum absolute atomic E-state index is 0.0198. The van der Waals surface area contributed by atoms with Gasteiger partial charge < -0.3 is 0 Å². The van der Waals surface area contributed by atoms with E-state index < -0.39 is 0 Å². The minimum atomic E-state index is -0.0871. The van der Waals surface area contributed by atoms with Crippen molar-refractivity contribution in [2.75, 3.05) is 0 Å². The summed E-state index contributed by atoms with van der Waals surface area (Å²) in [7, 11) is 0. The maximum absolute atomic E-state index is 5.73. The van der Waals surface area contributed by atoms with Crippen LogP contribution >= 0.6 is 0 Å². The Balaban J connectivity index is 2.16. The zero-order chi connectivity index (χ0) is 14.2. The molecule has 1 unspecified atom stereocenters. The Morgan fingerprint density at radius 2 is 2.10 bits per heavy atom. The van der Waals surface area contributed by atoms with Crippen LogP contribution in [0, 0.1) is 17.8 Å². The topological polar surface area (TPSA) is 0 Å². The van der Waals surface area contributed by atoms with E-state index in [9.17, 15) is 0 Å². The zero-order valence-corrected chi connectivity index (χ0v) is 12.2. The van der Waals surface area contributed by atoms with E-state index in [2.05, 4.69) is 74.4 Å². The normalized spacial score (nSPS) is 23.6. The molecule has 0 aliphatic heterocycles. The van der Waals surface area contributed by atoms with E-state index in [4.69, 9.17) is 6.42 Å². The fourth-order valence-electron chi connectivity index (χ4n) is 3.65. The highest BCUT2D eigenvalue weighted by atomic mass is 14.5. The van der Waals surface area contributed by atoms with Gasteiger partial charge in [-0.25, -0.2) is 0 Å². The fourth-order valence-corrected chi connectivity index (χ4v) is 3.65. The molecule has 0 amide bonds. The Hall–Kier alpha value is -2.00. The van der Waals surface area contributed by atoms with Gasteiger partial charge in [-0.05, 0) is 17.5 Å². The van der Waals surface area contributed by atoms with Crippen LogP contribution in [0.3, 0.4) is 0 Å². The van der Waals surface area contributed by atoms with Gasteiger partial charge in [-0.3, -0.25) is 0 Å². The highest BCUT2D eigenvalue weighted by Gasteiger charge is 2.48. The highest BCUT2D eigenvalue weighted by molar-refractivity contribution is 5.67. The second-order valence-corrected chi connectivity index (χ2v) is 6.22. The third-order valence-electron chi connectivity index (χ3n) is 5.06. The van der Waals surface area contributed by atoms with Gasteiger partial charge in [-0.2, -0.15) is 0 Å². The van der Waals surface area contributed by atoms with Crippen LogP contribution in [0.1, 0.15) is 37.8 Å². The summed E-state index contributed by atoms with van der Waals surface area (Å²) < 4.78 is 0. The summed E-state index contributed by atoms with van der Waals surface area (Å²) in [6.07, 6.45) is 18.7. The van der Waals surface area contributed by atoms with Gasteiger partial charge in [0.15, 0.2) is 0 Å². The number of hydrogen-bond donors (Lipinski definition) is 0. The summed E-state index contributed by atoms with van der Waals surface area (Å²) in [5.74, 6) is 2.92. The van der Waals surface area contributed by atoms with Crippen molar-refractivity contribution < 1.29 is 0 Å². The van der Waals surface area contributed by atoms with E-state index in [0.29, 0.717) is 0 Å². The lowest BCUT2D eigenvalue weighted by Gasteiger charge is -2.44. The average molecular weight is 260 g/mol. The summed E-state index contributed by atoms with van der Waals surface area (Å²) in [6.45, 7) is 4.66. The molecule has 0 fully saturated rings. The van der Waals surface area contributed by atoms with Crippen molar-refractivity contribution in [3.8, 4) is 12.3 Å². The maximum atomic E-state index is 5.73. The van der Waals surface area contributed by atoms with E-state index in [1.165, 1.54) is 16.7 Å². The molecule has 0 saturated carbocycles. The number of hydrogen-bond acceptors (Lipinski definition) is 0. The molecule has 1 aromatic rings. The van der Waals surface area contributed by atoms with Gasteiger partial charge in [0, 0.05) is 17.3 Å². The molecule has 2 aliphatic carbocycles. The number of allylic oxidation sites excluding steroid dienone is 5. The zero-order valence-electron chi connectivity index (χ0n) is 12.2. The first-order valence-electron chi connectivity index (χ1n) is 7.20. The van der Waals surface area contributed by atoms with Crippen LogP contribution in [0.5, 0.6) is 0 Å². The quantitative estimate of drug-likeness (QED) is 0.679. The van der Waals surface area contributed by atoms with E-state index >= 15 is 0 Å². The molecule has 0 heterocycles. The SMILES string of the molecule is C#CCC1(C(C)(C)C2=CC=CC2)C=Cc2ccccc21. The molecule has 1 atom stereocenters. The Morgan fingerprint density at radius 1 is 1.30 bits per heavy atom. The molecule has 0 saturated heterocycles. The standard InChI is InChI=1S/C20H20/c1-4-14-20(19(2,3)17-10-6-7-11-17)15-13-16-9-5-8-12-18(16)20/h1,5-10,12-13,15H,11,14H2,2-3H3. The lowest BCUT2D eigenvalue weighted by atomic mass is 9.58. The van der Waals surface area contributed by atoms with Gasteiger partial charge in [0.25, 0.3) is 0 Å². The first kappa shape index (κ1) is 13.0. The molecule has 3 rings (SSSR count). The summed E-state index contributed by atoms with van der Waals surface area (Å²) >= 11 is 0. The lowest BCUT2D eigenvalue weighted by molar-refractivity contribution is 0.266. The van der Waals surface area contributed by atoms with Crippen molar-refractivity contribution in [2.24, 2.45) is 5.41 Å². The summed E-state index contributed by atoms with van der Waals surface area (Å²) in [6, 6.07) is 8.63. The molecular formula is C20H20. The Kier molecular flexibility index (Phi) is 2.94. The van der Waals surface area contributed by atoms with Gasteiger partial charge in [-0.15, -0.1) is 12.3 Å². The smallest absolute Gasteiger partial charge is 0.0339 e. The molecule has 0 aromatic heterocycles. The van der Waals surface area contributed by atoms with Crippen LogP contribution < -0.4 is 0 Å². The molecule has 0 nitrogen and oxygen atoms in total. The monoisotopic (exact) mass is 260 g/mol. The minimum Gasteiger partial charge on any atom is -0.120 e. The number of benzene rings is 1. The van der Waals surface area contributed by atoms with Crippen LogP contribution in [0.25, 0.3) is 6.08 Å². The Bertz CT molecular complexity index is 662. The molecule has 20 heavy (non-hydrogen) atoms. The maximum Gasteiger partial charge on any atom is 0.0339 e. The largest absolute Gasteiger partial charge is 0.120 e. The van der Waals surface area contributed by atoms with Gasteiger partial charge in [0.05, 0.1) is 0 Å². The third kappa shape index (κ3) is 1.63. The number of terminal acetylenes is 1. The number of fused-ring (bicyclic) bond motifs is 1. The van der Waals surface area contributed by atoms with E-state index in [1.807, 2.05) is 0 Å². The predicted octanol–water partition coefficient (Wildman–Crippen LogP) is 4.89. The van der Waals surface area contributed by atoms with Crippen LogP contribution in [0.2, 0.25) is 0 Å². The van der Waals surface area contributed by atoms with Crippen molar-refractivity contribution in [1.82, 2.24) is 0 Å². The van der Waals surface area contributed by atoms with Gasteiger partial charge in [0.1, 0.15) is 0 Å². The molecule has 0 N–H and O–H groups in total. The van der Waals surface area contributed by atoms with Crippen LogP contribution in [-0.4, -0.2) is 0 Å². The van der Waals surface area contributed by atoms with E-state index in [-0.39, 0.29) is 10.8 Å². The van der Waals surface area contributed by atoms with Gasteiger partial charge in [0.2, 0.25) is 0 Å². The molecule has 1 aromatic carbocycles. The van der Waals surface area contributed by atoms with Crippen molar-refractivity contribution in [3.63, 3.8) is 0 Å². The van der Waals surface area contributed by atoms with Gasteiger partial charge >= 0.3 is 0 Å². The first-order chi connectivity index (χ1) is 9.62.